The van der Waals surface area contributed by atoms with Crippen LogP contribution in [0.25, 0.3) is 0 Å². The molecule has 0 bridgehead atoms. The first kappa shape index (κ1) is 12.8. The fourth-order valence-corrected chi connectivity index (χ4v) is 1.91. The van der Waals surface area contributed by atoms with Crippen LogP contribution in [0, 0.1) is 5.82 Å². The van der Waals surface area contributed by atoms with Crippen LogP contribution in [0.1, 0.15) is 17.2 Å². The van der Waals surface area contributed by atoms with E-state index in [0.29, 0.717) is 16.1 Å². The Kier molecular flexibility index (Phi) is 3.81. The maximum atomic E-state index is 13.2. The van der Waals surface area contributed by atoms with Crippen molar-refractivity contribution in [2.75, 3.05) is 0 Å². The first-order valence-corrected chi connectivity index (χ1v) is 5.59. The van der Waals surface area contributed by atoms with E-state index in [1.54, 1.807) is 12.1 Å². The average molecular weight is 268 g/mol. The van der Waals surface area contributed by atoms with Crippen molar-refractivity contribution < 1.29 is 14.3 Å². The number of hydrogen-bond donors (Lipinski definition) is 2. The molecule has 0 aliphatic carbocycles. The van der Waals surface area contributed by atoms with Gasteiger partial charge in [0.15, 0.2) is 0 Å². The van der Waals surface area contributed by atoms with Crippen LogP contribution in [0.2, 0.25) is 5.02 Å². The summed E-state index contributed by atoms with van der Waals surface area (Å²) in [4.78, 5) is 4.87. The lowest BCUT2D eigenvalue weighted by Gasteiger charge is -2.16. The first-order chi connectivity index (χ1) is 8.61. The molecule has 0 aliphatic heterocycles. The quantitative estimate of drug-likeness (QED) is 0.840. The molecule has 0 saturated carbocycles. The van der Waals surface area contributed by atoms with E-state index >= 15 is 0 Å². The largest absolute Gasteiger partial charge is 0.508 e. The molecular weight excluding hydrogens is 257 g/mol. The number of halogens is 2. The predicted molar refractivity (Wildman–Crippen MR) is 66.6 cm³/mol. The van der Waals surface area contributed by atoms with Crippen molar-refractivity contribution in [3.8, 4) is 5.75 Å². The molecule has 2 aromatic rings. The summed E-state index contributed by atoms with van der Waals surface area (Å²) in [6.07, 6.45) is -0.686. The van der Waals surface area contributed by atoms with Crippen LogP contribution in [0.3, 0.4) is 0 Å². The SMILES string of the molecule is NOC(c1ccc(O)cc1)c1cc(F)ccc1Cl. The third kappa shape index (κ3) is 2.61. The Balaban J connectivity index is 2.44. The van der Waals surface area contributed by atoms with Crippen LogP contribution in [-0.4, -0.2) is 5.11 Å². The van der Waals surface area contributed by atoms with Crippen LogP contribution in [0.4, 0.5) is 4.39 Å². The minimum atomic E-state index is -0.686. The molecular formula is C13H11ClFNO2. The molecule has 0 radical (unpaired) electrons. The number of phenols is 1. The Labute approximate surface area is 109 Å². The number of aromatic hydroxyl groups is 1. The van der Waals surface area contributed by atoms with E-state index in [-0.39, 0.29) is 5.75 Å². The van der Waals surface area contributed by atoms with Crippen molar-refractivity contribution >= 4 is 11.6 Å². The second-order valence-electron chi connectivity index (χ2n) is 3.77. The molecule has 1 unspecified atom stereocenters. The summed E-state index contributed by atoms with van der Waals surface area (Å²) in [5.74, 6) is 4.95. The van der Waals surface area contributed by atoms with Gasteiger partial charge in [0, 0.05) is 10.6 Å². The van der Waals surface area contributed by atoms with Crippen molar-refractivity contribution in [1.29, 1.82) is 0 Å². The lowest BCUT2D eigenvalue weighted by atomic mass is 10.0. The van der Waals surface area contributed by atoms with Gasteiger partial charge < -0.3 is 5.11 Å². The van der Waals surface area contributed by atoms with Crippen LogP contribution in [0.15, 0.2) is 42.5 Å². The van der Waals surface area contributed by atoms with E-state index < -0.39 is 11.9 Å². The summed E-state index contributed by atoms with van der Waals surface area (Å²) in [6, 6.07) is 10.2. The number of phenolic OH excluding ortho intramolecular Hbond substituents is 1. The third-order valence-electron chi connectivity index (χ3n) is 2.57. The highest BCUT2D eigenvalue weighted by atomic mass is 35.5. The van der Waals surface area contributed by atoms with Crippen molar-refractivity contribution in [3.63, 3.8) is 0 Å². The summed E-state index contributed by atoms with van der Waals surface area (Å²) in [6.45, 7) is 0. The van der Waals surface area contributed by atoms with Gasteiger partial charge in [-0.1, -0.05) is 23.7 Å². The molecule has 0 heterocycles. The first-order valence-electron chi connectivity index (χ1n) is 5.21. The third-order valence-corrected chi connectivity index (χ3v) is 2.92. The molecule has 0 aliphatic rings. The van der Waals surface area contributed by atoms with Crippen LogP contribution < -0.4 is 5.90 Å². The van der Waals surface area contributed by atoms with E-state index in [1.807, 2.05) is 0 Å². The molecule has 0 saturated heterocycles. The van der Waals surface area contributed by atoms with Crippen LogP contribution >= 0.6 is 11.6 Å². The predicted octanol–water partition coefficient (Wildman–Crippen LogP) is 3.16. The van der Waals surface area contributed by atoms with Crippen molar-refractivity contribution in [3.05, 3.63) is 64.4 Å². The molecule has 2 aromatic carbocycles. The number of hydrogen-bond acceptors (Lipinski definition) is 3. The monoisotopic (exact) mass is 267 g/mol. The van der Waals surface area contributed by atoms with Crippen molar-refractivity contribution in [2.45, 2.75) is 6.10 Å². The van der Waals surface area contributed by atoms with Crippen LogP contribution in [0.5, 0.6) is 5.75 Å². The molecule has 3 N–H and O–H groups in total. The molecule has 5 heteroatoms. The van der Waals surface area contributed by atoms with Gasteiger partial charge in [-0.25, -0.2) is 10.3 Å². The molecule has 3 nitrogen and oxygen atoms in total. The van der Waals surface area contributed by atoms with Gasteiger partial charge in [0.1, 0.15) is 17.7 Å². The highest BCUT2D eigenvalue weighted by molar-refractivity contribution is 6.31. The minimum Gasteiger partial charge on any atom is -0.508 e. The Morgan fingerprint density at radius 3 is 2.44 bits per heavy atom. The van der Waals surface area contributed by atoms with Crippen molar-refractivity contribution in [2.24, 2.45) is 5.90 Å². The summed E-state index contributed by atoms with van der Waals surface area (Å²) in [5, 5.41) is 9.58. The maximum absolute atomic E-state index is 13.2. The van der Waals surface area contributed by atoms with E-state index in [9.17, 15) is 9.50 Å². The fourth-order valence-electron chi connectivity index (χ4n) is 1.70. The van der Waals surface area contributed by atoms with Gasteiger partial charge in [-0.3, -0.25) is 4.84 Å². The summed E-state index contributed by atoms with van der Waals surface area (Å²) < 4.78 is 13.2. The molecule has 0 spiro atoms. The molecule has 0 amide bonds. The van der Waals surface area contributed by atoms with E-state index in [4.69, 9.17) is 22.3 Å². The molecule has 2 rings (SSSR count). The van der Waals surface area contributed by atoms with Gasteiger partial charge in [0.2, 0.25) is 0 Å². The van der Waals surface area contributed by atoms with Gasteiger partial charge in [-0.2, -0.15) is 0 Å². The van der Waals surface area contributed by atoms with E-state index in [1.165, 1.54) is 30.3 Å². The summed E-state index contributed by atoms with van der Waals surface area (Å²) in [5.41, 5.74) is 1.10. The van der Waals surface area contributed by atoms with Gasteiger partial charge >= 0.3 is 0 Å². The zero-order chi connectivity index (χ0) is 13.1. The fraction of sp³-hybridized carbons (Fsp3) is 0.0769. The highest BCUT2D eigenvalue weighted by Gasteiger charge is 2.18. The normalized spacial score (nSPS) is 12.4. The van der Waals surface area contributed by atoms with Gasteiger partial charge in [0.05, 0.1) is 0 Å². The van der Waals surface area contributed by atoms with E-state index in [0.717, 1.165) is 0 Å². The standard InChI is InChI=1S/C13H11ClFNO2/c14-12-6-3-9(15)7-11(12)13(18-16)8-1-4-10(17)5-2-8/h1-7,13,17H,16H2. The van der Waals surface area contributed by atoms with Gasteiger partial charge in [0.25, 0.3) is 0 Å². The average Bonchev–Trinajstić information content (AvgIpc) is 2.37. The second kappa shape index (κ2) is 5.35. The molecule has 0 fully saturated rings. The Morgan fingerprint density at radius 1 is 1.17 bits per heavy atom. The molecule has 18 heavy (non-hydrogen) atoms. The lowest BCUT2D eigenvalue weighted by Crippen LogP contribution is -2.11. The summed E-state index contributed by atoms with van der Waals surface area (Å²) >= 11 is 6.00. The molecule has 1 atom stereocenters. The Hall–Kier alpha value is -1.62. The summed E-state index contributed by atoms with van der Waals surface area (Å²) in [7, 11) is 0. The molecule has 0 aromatic heterocycles. The van der Waals surface area contributed by atoms with Crippen molar-refractivity contribution in [1.82, 2.24) is 0 Å². The van der Waals surface area contributed by atoms with Gasteiger partial charge in [-0.05, 0) is 35.9 Å². The number of rotatable bonds is 3. The molecule has 94 valence electrons. The van der Waals surface area contributed by atoms with Gasteiger partial charge in [-0.15, -0.1) is 0 Å². The zero-order valence-electron chi connectivity index (χ0n) is 9.31. The smallest absolute Gasteiger partial charge is 0.130 e. The topological polar surface area (TPSA) is 55.5 Å². The minimum absolute atomic E-state index is 0.125. The highest BCUT2D eigenvalue weighted by Crippen LogP contribution is 2.31. The number of benzene rings is 2. The lowest BCUT2D eigenvalue weighted by molar-refractivity contribution is 0.0812. The second-order valence-corrected chi connectivity index (χ2v) is 4.18. The van der Waals surface area contributed by atoms with E-state index in [2.05, 4.69) is 0 Å². The zero-order valence-corrected chi connectivity index (χ0v) is 10.1. The Morgan fingerprint density at radius 2 is 1.83 bits per heavy atom. The van der Waals surface area contributed by atoms with Crippen LogP contribution in [-0.2, 0) is 4.84 Å². The number of nitrogens with two attached hydrogens (primary N) is 1. The maximum Gasteiger partial charge on any atom is 0.130 e. The Bertz CT molecular complexity index is 545.